The molecule has 5 nitrogen and oxygen atoms in total. The van der Waals surface area contributed by atoms with Crippen molar-refractivity contribution >= 4 is 5.65 Å². The molecule has 1 N–H and O–H groups in total. The summed E-state index contributed by atoms with van der Waals surface area (Å²) in [6, 6.07) is 0. The minimum atomic E-state index is -0.453. The Bertz CT molecular complexity index is 510. The number of aromatic nitrogens is 4. The molecule has 0 saturated heterocycles. The fraction of sp³-hybridized carbons (Fsp3) is 0.583. The van der Waals surface area contributed by atoms with E-state index in [0.29, 0.717) is 5.92 Å². The molecule has 0 aromatic carbocycles. The summed E-state index contributed by atoms with van der Waals surface area (Å²) in [5.41, 5.74) is 1.56. The Morgan fingerprint density at radius 3 is 2.53 bits per heavy atom. The first-order valence-electron chi connectivity index (χ1n) is 5.86. The van der Waals surface area contributed by atoms with E-state index < -0.39 is 6.10 Å². The number of aliphatic hydroxyl groups is 1. The molecule has 2 aromatic heterocycles. The molecule has 2 unspecified atom stereocenters. The zero-order valence-electron chi connectivity index (χ0n) is 10.6. The molecule has 0 aliphatic heterocycles. The molecule has 2 aromatic rings. The fourth-order valence-electron chi connectivity index (χ4n) is 2.30. The van der Waals surface area contributed by atoms with Crippen LogP contribution >= 0.6 is 0 Å². The summed E-state index contributed by atoms with van der Waals surface area (Å²) in [7, 11) is 0. The van der Waals surface area contributed by atoms with Gasteiger partial charge < -0.3 is 5.11 Å². The number of aliphatic hydroxyl groups excluding tert-OH is 1. The Morgan fingerprint density at radius 1 is 1.24 bits per heavy atom. The maximum Gasteiger partial charge on any atom is 0.182 e. The first-order valence-corrected chi connectivity index (χ1v) is 5.86. The molecule has 0 bridgehead atoms. The summed E-state index contributed by atoms with van der Waals surface area (Å²) in [5, 5.41) is 18.1. The van der Waals surface area contributed by atoms with Crippen molar-refractivity contribution < 1.29 is 5.11 Å². The zero-order valence-corrected chi connectivity index (χ0v) is 10.6. The second kappa shape index (κ2) is 4.41. The Labute approximate surface area is 101 Å². The first kappa shape index (κ1) is 12.0. The molecule has 2 rings (SSSR count). The highest BCUT2D eigenvalue weighted by Gasteiger charge is 2.26. The van der Waals surface area contributed by atoms with Crippen LogP contribution in [0.1, 0.15) is 38.2 Å². The lowest BCUT2D eigenvalue weighted by Gasteiger charge is -2.23. The van der Waals surface area contributed by atoms with Crippen molar-refractivity contribution in [1.82, 2.24) is 19.6 Å². The third kappa shape index (κ3) is 2.02. The van der Waals surface area contributed by atoms with Crippen LogP contribution in [0.5, 0.6) is 0 Å². The predicted octanol–water partition coefficient (Wildman–Crippen LogP) is 1.55. The van der Waals surface area contributed by atoms with E-state index in [1.54, 1.807) is 13.1 Å². The molecule has 0 spiro atoms. The van der Waals surface area contributed by atoms with E-state index in [2.05, 4.69) is 29.0 Å². The lowest BCUT2D eigenvalue weighted by atomic mass is 9.88. The fourth-order valence-corrected chi connectivity index (χ4v) is 2.30. The number of fused-ring (bicyclic) bond motifs is 1. The standard InChI is InChI=1S/C12H18N4O/c1-7(2)10(8(3)17)11-12-15-14-9(4)16(12)6-5-13-11/h5-8,10,17H,1-4H3. The molecular formula is C12H18N4O. The van der Waals surface area contributed by atoms with E-state index in [4.69, 9.17) is 0 Å². The normalized spacial score (nSPS) is 15.4. The molecular weight excluding hydrogens is 216 g/mol. The van der Waals surface area contributed by atoms with Crippen molar-refractivity contribution in [2.24, 2.45) is 5.92 Å². The van der Waals surface area contributed by atoms with Crippen LogP contribution in [-0.4, -0.2) is 30.8 Å². The number of nitrogens with zero attached hydrogens (tertiary/aromatic N) is 4. The highest BCUT2D eigenvalue weighted by atomic mass is 16.3. The lowest BCUT2D eigenvalue weighted by molar-refractivity contribution is 0.138. The molecule has 0 radical (unpaired) electrons. The quantitative estimate of drug-likeness (QED) is 0.875. The van der Waals surface area contributed by atoms with Crippen molar-refractivity contribution in [1.29, 1.82) is 0 Å². The van der Waals surface area contributed by atoms with Crippen LogP contribution in [0.4, 0.5) is 0 Å². The largest absolute Gasteiger partial charge is 0.393 e. The number of rotatable bonds is 3. The molecule has 0 saturated carbocycles. The van der Waals surface area contributed by atoms with Gasteiger partial charge in [0.2, 0.25) is 0 Å². The highest BCUT2D eigenvalue weighted by molar-refractivity contribution is 5.45. The highest BCUT2D eigenvalue weighted by Crippen LogP contribution is 2.28. The lowest BCUT2D eigenvalue weighted by Crippen LogP contribution is -2.22. The van der Waals surface area contributed by atoms with E-state index in [0.717, 1.165) is 17.2 Å². The molecule has 2 heterocycles. The summed E-state index contributed by atoms with van der Waals surface area (Å²) in [6.45, 7) is 7.84. The van der Waals surface area contributed by atoms with Gasteiger partial charge in [-0.15, -0.1) is 10.2 Å². The Morgan fingerprint density at radius 2 is 1.94 bits per heavy atom. The van der Waals surface area contributed by atoms with Gasteiger partial charge in [-0.3, -0.25) is 9.38 Å². The summed E-state index contributed by atoms with van der Waals surface area (Å²) in [4.78, 5) is 4.38. The van der Waals surface area contributed by atoms with E-state index in [1.165, 1.54) is 0 Å². The van der Waals surface area contributed by atoms with Gasteiger partial charge in [0.05, 0.1) is 11.8 Å². The zero-order chi connectivity index (χ0) is 12.6. The third-order valence-electron chi connectivity index (χ3n) is 3.08. The van der Waals surface area contributed by atoms with Crippen LogP contribution in [0.2, 0.25) is 0 Å². The summed E-state index contributed by atoms with van der Waals surface area (Å²) in [6.07, 6.45) is 3.12. The van der Waals surface area contributed by atoms with Crippen LogP contribution in [0, 0.1) is 12.8 Å². The smallest absolute Gasteiger partial charge is 0.182 e. The predicted molar refractivity (Wildman–Crippen MR) is 64.8 cm³/mol. The maximum atomic E-state index is 9.90. The Kier molecular flexibility index (Phi) is 3.11. The SMILES string of the molecule is Cc1nnc2c(C(C(C)C)C(C)O)nccn12. The van der Waals surface area contributed by atoms with E-state index >= 15 is 0 Å². The average Bonchev–Trinajstić information content (AvgIpc) is 2.61. The van der Waals surface area contributed by atoms with Crippen LogP contribution in [0.25, 0.3) is 5.65 Å². The van der Waals surface area contributed by atoms with E-state index in [9.17, 15) is 5.11 Å². The number of hydrogen-bond acceptors (Lipinski definition) is 4. The van der Waals surface area contributed by atoms with Crippen molar-refractivity contribution in [2.45, 2.75) is 39.7 Å². The van der Waals surface area contributed by atoms with E-state index in [-0.39, 0.29) is 5.92 Å². The summed E-state index contributed by atoms with van der Waals surface area (Å²) < 4.78 is 1.90. The Hall–Kier alpha value is -1.49. The molecule has 0 aliphatic carbocycles. The van der Waals surface area contributed by atoms with Gasteiger partial charge in [-0.2, -0.15) is 0 Å². The minimum absolute atomic E-state index is 0.0256. The van der Waals surface area contributed by atoms with Crippen LogP contribution < -0.4 is 0 Å². The van der Waals surface area contributed by atoms with Gasteiger partial charge in [0.1, 0.15) is 5.82 Å². The summed E-state index contributed by atoms with van der Waals surface area (Å²) in [5.74, 6) is 1.10. The van der Waals surface area contributed by atoms with Gasteiger partial charge in [-0.1, -0.05) is 13.8 Å². The van der Waals surface area contributed by atoms with Crippen LogP contribution in [0.3, 0.4) is 0 Å². The molecule has 2 atom stereocenters. The molecule has 0 amide bonds. The van der Waals surface area contributed by atoms with Gasteiger partial charge in [-0.05, 0) is 19.8 Å². The Balaban J connectivity index is 2.61. The van der Waals surface area contributed by atoms with Crippen LogP contribution in [-0.2, 0) is 0 Å². The van der Waals surface area contributed by atoms with Gasteiger partial charge in [0, 0.05) is 18.3 Å². The monoisotopic (exact) mass is 234 g/mol. The topological polar surface area (TPSA) is 63.3 Å². The van der Waals surface area contributed by atoms with Gasteiger partial charge in [0.15, 0.2) is 5.65 Å². The molecule has 0 aliphatic rings. The van der Waals surface area contributed by atoms with Gasteiger partial charge >= 0.3 is 0 Å². The number of hydrogen-bond donors (Lipinski definition) is 1. The van der Waals surface area contributed by atoms with Gasteiger partial charge in [-0.25, -0.2) is 0 Å². The van der Waals surface area contributed by atoms with Crippen molar-refractivity contribution in [2.75, 3.05) is 0 Å². The van der Waals surface area contributed by atoms with Crippen molar-refractivity contribution in [3.63, 3.8) is 0 Å². The van der Waals surface area contributed by atoms with Crippen molar-refractivity contribution in [3.8, 4) is 0 Å². The number of aryl methyl sites for hydroxylation is 1. The molecule has 5 heteroatoms. The maximum absolute atomic E-state index is 9.90. The van der Waals surface area contributed by atoms with E-state index in [1.807, 2.05) is 17.5 Å². The first-order chi connectivity index (χ1) is 8.02. The molecule has 92 valence electrons. The molecule has 17 heavy (non-hydrogen) atoms. The average molecular weight is 234 g/mol. The van der Waals surface area contributed by atoms with Crippen LogP contribution in [0.15, 0.2) is 12.4 Å². The minimum Gasteiger partial charge on any atom is -0.393 e. The molecule has 0 fully saturated rings. The summed E-state index contributed by atoms with van der Waals surface area (Å²) >= 11 is 0. The second-order valence-corrected chi connectivity index (χ2v) is 4.76. The third-order valence-corrected chi connectivity index (χ3v) is 3.08. The van der Waals surface area contributed by atoms with Gasteiger partial charge in [0.25, 0.3) is 0 Å². The second-order valence-electron chi connectivity index (χ2n) is 4.76. The van der Waals surface area contributed by atoms with Crippen molar-refractivity contribution in [3.05, 3.63) is 23.9 Å².